The van der Waals surface area contributed by atoms with Crippen LogP contribution < -0.4 is 5.32 Å². The highest BCUT2D eigenvalue weighted by molar-refractivity contribution is 7.21. The minimum absolute atomic E-state index is 0.817. The van der Waals surface area contributed by atoms with E-state index >= 15 is 0 Å². The highest BCUT2D eigenvalue weighted by atomic mass is 32.1. The van der Waals surface area contributed by atoms with E-state index in [0.29, 0.717) is 0 Å². The molecular weight excluding hydrogens is 364 g/mol. The van der Waals surface area contributed by atoms with Crippen molar-refractivity contribution >= 4 is 44.0 Å². The Bertz CT molecular complexity index is 1310. The summed E-state index contributed by atoms with van der Waals surface area (Å²) < 4.78 is 1.22. The molecule has 1 N–H and O–H groups in total. The summed E-state index contributed by atoms with van der Waals surface area (Å²) in [5.41, 5.74) is 6.54. The van der Waals surface area contributed by atoms with Gasteiger partial charge in [0, 0.05) is 16.6 Å². The molecule has 0 spiro atoms. The van der Waals surface area contributed by atoms with E-state index in [-0.39, 0.29) is 0 Å². The Hall–Kier alpha value is -3.31. The Morgan fingerprint density at radius 2 is 1.54 bits per heavy atom. The number of aromatic nitrogens is 3. The summed E-state index contributed by atoms with van der Waals surface area (Å²) in [7, 11) is 0. The number of benzene rings is 3. The smallest absolute Gasteiger partial charge is 0.141 e. The molecule has 5 heteroatoms. The van der Waals surface area contributed by atoms with Crippen molar-refractivity contribution in [3.63, 3.8) is 0 Å². The van der Waals surface area contributed by atoms with E-state index in [4.69, 9.17) is 4.98 Å². The van der Waals surface area contributed by atoms with E-state index < -0.39 is 0 Å². The van der Waals surface area contributed by atoms with E-state index in [9.17, 15) is 0 Å². The second-order valence-corrected chi connectivity index (χ2v) is 7.97. The zero-order valence-corrected chi connectivity index (χ0v) is 16.4. The first-order chi connectivity index (χ1) is 13.7. The van der Waals surface area contributed by atoms with Gasteiger partial charge in [-0.3, -0.25) is 0 Å². The van der Waals surface area contributed by atoms with Crippen LogP contribution in [0.5, 0.6) is 0 Å². The van der Waals surface area contributed by atoms with Gasteiger partial charge in [0.1, 0.15) is 17.2 Å². The van der Waals surface area contributed by atoms with Crippen LogP contribution in [0.1, 0.15) is 11.1 Å². The van der Waals surface area contributed by atoms with E-state index in [1.54, 1.807) is 17.7 Å². The van der Waals surface area contributed by atoms with Crippen molar-refractivity contribution < 1.29 is 0 Å². The van der Waals surface area contributed by atoms with Crippen LogP contribution in [-0.2, 0) is 0 Å². The monoisotopic (exact) mass is 382 g/mol. The highest BCUT2D eigenvalue weighted by Gasteiger charge is 2.08. The van der Waals surface area contributed by atoms with Crippen molar-refractivity contribution in [3.05, 3.63) is 78.1 Å². The lowest BCUT2D eigenvalue weighted by Gasteiger charge is -2.09. The Labute approximate surface area is 166 Å². The van der Waals surface area contributed by atoms with Gasteiger partial charge < -0.3 is 5.32 Å². The van der Waals surface area contributed by atoms with Crippen molar-refractivity contribution in [1.29, 1.82) is 0 Å². The Morgan fingerprint density at radius 3 is 2.36 bits per heavy atom. The zero-order valence-electron chi connectivity index (χ0n) is 15.6. The summed E-state index contributed by atoms with van der Waals surface area (Å²) in [5, 5.41) is 5.48. The molecular formula is C23H18N4S. The molecule has 0 saturated carbocycles. The maximum Gasteiger partial charge on any atom is 0.141 e. The number of nitrogens with one attached hydrogen (secondary N) is 1. The largest absolute Gasteiger partial charge is 0.340 e. The van der Waals surface area contributed by atoms with Gasteiger partial charge in [-0.2, -0.15) is 0 Å². The Kier molecular flexibility index (Phi) is 4.02. The highest BCUT2D eigenvalue weighted by Crippen LogP contribution is 2.32. The molecule has 0 saturated heterocycles. The molecule has 0 aliphatic heterocycles. The lowest BCUT2D eigenvalue weighted by Crippen LogP contribution is -1.96. The lowest BCUT2D eigenvalue weighted by molar-refractivity contribution is 1.21. The van der Waals surface area contributed by atoms with Gasteiger partial charge in [-0.1, -0.05) is 17.7 Å². The minimum Gasteiger partial charge on any atom is -0.340 e. The topological polar surface area (TPSA) is 50.7 Å². The van der Waals surface area contributed by atoms with Crippen LogP contribution in [0.25, 0.3) is 31.7 Å². The molecule has 0 amide bonds. The number of nitrogens with zero attached hydrogens (tertiary/aromatic N) is 3. The molecule has 0 radical (unpaired) electrons. The first-order valence-corrected chi connectivity index (χ1v) is 9.93. The fourth-order valence-electron chi connectivity index (χ4n) is 3.26. The van der Waals surface area contributed by atoms with Crippen molar-refractivity contribution in [2.45, 2.75) is 13.8 Å². The van der Waals surface area contributed by atoms with Gasteiger partial charge in [-0.05, 0) is 67.9 Å². The molecule has 136 valence electrons. The van der Waals surface area contributed by atoms with Crippen LogP contribution in [0, 0.1) is 13.8 Å². The van der Waals surface area contributed by atoms with Gasteiger partial charge in [-0.25, -0.2) is 15.0 Å². The maximum atomic E-state index is 4.77. The first kappa shape index (κ1) is 16.8. The number of thiazole rings is 1. The van der Waals surface area contributed by atoms with Crippen LogP contribution in [0.15, 0.2) is 67.0 Å². The molecule has 0 aliphatic rings. The summed E-state index contributed by atoms with van der Waals surface area (Å²) in [6, 6.07) is 20.9. The molecule has 5 rings (SSSR count). The fourth-order valence-corrected chi connectivity index (χ4v) is 4.33. The van der Waals surface area contributed by atoms with Gasteiger partial charge in [0.2, 0.25) is 0 Å². The standard InChI is InChI=1S/C23H18N4S/c1-14-3-9-19-18(11-14)22(25-13-24-19)26-17-7-5-16(6-8-17)23-27-20-10-4-15(2)12-21(20)28-23/h3-13H,1-2H3,(H,24,25,26). The molecule has 28 heavy (non-hydrogen) atoms. The van der Waals surface area contributed by atoms with Crippen LogP contribution in [0.3, 0.4) is 0 Å². The number of aryl methyl sites for hydroxylation is 2. The van der Waals surface area contributed by atoms with E-state index in [0.717, 1.165) is 38.5 Å². The molecule has 0 aliphatic carbocycles. The second kappa shape index (κ2) is 6.69. The quantitative estimate of drug-likeness (QED) is 0.400. The second-order valence-electron chi connectivity index (χ2n) is 6.94. The van der Waals surface area contributed by atoms with Gasteiger partial charge in [-0.15, -0.1) is 11.3 Å². The van der Waals surface area contributed by atoms with Crippen LogP contribution in [0.2, 0.25) is 0 Å². The average Bonchev–Trinajstić information content (AvgIpc) is 3.12. The zero-order chi connectivity index (χ0) is 19.1. The Morgan fingerprint density at radius 1 is 0.786 bits per heavy atom. The molecule has 2 heterocycles. The molecule has 0 unspecified atom stereocenters. The first-order valence-electron chi connectivity index (χ1n) is 9.12. The summed E-state index contributed by atoms with van der Waals surface area (Å²) >= 11 is 1.73. The minimum atomic E-state index is 0.817. The van der Waals surface area contributed by atoms with Crippen LogP contribution >= 0.6 is 11.3 Å². The Balaban J connectivity index is 1.46. The molecule has 0 bridgehead atoms. The summed E-state index contributed by atoms with van der Waals surface area (Å²) in [5.74, 6) is 0.817. The van der Waals surface area contributed by atoms with Crippen LogP contribution in [-0.4, -0.2) is 15.0 Å². The molecule has 0 atom stereocenters. The van der Waals surface area contributed by atoms with Crippen molar-refractivity contribution in [1.82, 2.24) is 15.0 Å². The molecule has 2 aromatic heterocycles. The predicted octanol–water partition coefficient (Wildman–Crippen LogP) is 6.27. The normalized spacial score (nSPS) is 11.2. The molecule has 5 aromatic rings. The predicted molar refractivity (Wildman–Crippen MR) is 117 cm³/mol. The number of rotatable bonds is 3. The third kappa shape index (κ3) is 3.10. The number of hydrogen-bond acceptors (Lipinski definition) is 5. The van der Waals surface area contributed by atoms with Gasteiger partial charge in [0.15, 0.2) is 0 Å². The number of fused-ring (bicyclic) bond motifs is 2. The van der Waals surface area contributed by atoms with E-state index in [2.05, 4.69) is 83.7 Å². The SMILES string of the molecule is Cc1ccc2nc(-c3ccc(Nc4ncnc5ccc(C)cc45)cc3)sc2c1. The van der Waals surface area contributed by atoms with Crippen LogP contribution in [0.4, 0.5) is 11.5 Å². The fraction of sp³-hybridized carbons (Fsp3) is 0.0870. The summed E-state index contributed by atoms with van der Waals surface area (Å²) in [6.07, 6.45) is 1.59. The van der Waals surface area contributed by atoms with Gasteiger partial charge >= 0.3 is 0 Å². The number of hydrogen-bond donors (Lipinski definition) is 1. The molecule has 3 aromatic carbocycles. The van der Waals surface area contributed by atoms with Crippen molar-refractivity contribution in [3.8, 4) is 10.6 Å². The van der Waals surface area contributed by atoms with Gasteiger partial charge in [0.25, 0.3) is 0 Å². The summed E-state index contributed by atoms with van der Waals surface area (Å²) in [6.45, 7) is 4.18. The lowest BCUT2D eigenvalue weighted by atomic mass is 10.1. The third-order valence-corrected chi connectivity index (χ3v) is 5.80. The molecule has 4 nitrogen and oxygen atoms in total. The van der Waals surface area contributed by atoms with E-state index in [1.807, 2.05) is 6.07 Å². The van der Waals surface area contributed by atoms with Crippen molar-refractivity contribution in [2.24, 2.45) is 0 Å². The van der Waals surface area contributed by atoms with Crippen molar-refractivity contribution in [2.75, 3.05) is 5.32 Å². The van der Waals surface area contributed by atoms with E-state index in [1.165, 1.54) is 15.8 Å². The maximum absolute atomic E-state index is 4.77. The third-order valence-electron chi connectivity index (χ3n) is 4.73. The van der Waals surface area contributed by atoms with Gasteiger partial charge in [0.05, 0.1) is 15.7 Å². The molecule has 0 fully saturated rings. The average molecular weight is 382 g/mol. The summed E-state index contributed by atoms with van der Waals surface area (Å²) in [4.78, 5) is 13.5. The number of anilines is 2.